The molecule has 5 heteroatoms. The maximum absolute atomic E-state index is 12.7. The number of aryl methyl sites for hydroxylation is 3. The van der Waals surface area contributed by atoms with Crippen molar-refractivity contribution in [3.05, 3.63) is 47.2 Å². The Kier molecular flexibility index (Phi) is 4.57. The predicted octanol–water partition coefficient (Wildman–Crippen LogP) is 4.41. The molecule has 1 aliphatic rings. The molecule has 4 nitrogen and oxygen atoms in total. The molecular formula is C18H21N3OS. The fraction of sp³-hybridized carbons (Fsp3) is 0.333. The Labute approximate surface area is 141 Å². The fourth-order valence-electron chi connectivity index (χ4n) is 2.79. The van der Waals surface area contributed by atoms with Crippen LogP contribution in [0.4, 0.5) is 16.2 Å². The maximum Gasteiger partial charge on any atom is 0.326 e. The van der Waals surface area contributed by atoms with Crippen LogP contribution in [-0.4, -0.2) is 23.3 Å². The van der Waals surface area contributed by atoms with E-state index in [1.54, 1.807) is 16.7 Å². The van der Waals surface area contributed by atoms with Gasteiger partial charge in [-0.05, 0) is 49.6 Å². The quantitative estimate of drug-likeness (QED) is 0.889. The lowest BCUT2D eigenvalue weighted by molar-refractivity contribution is 0.257. The van der Waals surface area contributed by atoms with Crippen LogP contribution in [0.25, 0.3) is 0 Å². The van der Waals surface area contributed by atoms with Crippen LogP contribution in [0.3, 0.4) is 0 Å². The first-order valence-corrected chi connectivity index (χ1v) is 8.85. The molecule has 0 spiro atoms. The van der Waals surface area contributed by atoms with Gasteiger partial charge in [0.1, 0.15) is 5.03 Å². The van der Waals surface area contributed by atoms with Crippen LogP contribution in [0.15, 0.2) is 35.4 Å². The first kappa shape index (κ1) is 15.9. The number of rotatable bonds is 2. The van der Waals surface area contributed by atoms with Gasteiger partial charge in [0, 0.05) is 23.7 Å². The number of fused-ring (bicyclic) bond motifs is 1. The Bertz CT molecular complexity index is 728. The summed E-state index contributed by atoms with van der Waals surface area (Å²) in [5.74, 6) is 0.866. The van der Waals surface area contributed by atoms with Crippen LogP contribution in [0.1, 0.15) is 23.7 Å². The van der Waals surface area contributed by atoms with E-state index in [1.165, 1.54) is 5.56 Å². The molecule has 0 saturated heterocycles. The van der Waals surface area contributed by atoms with E-state index in [4.69, 9.17) is 0 Å². The second-order valence-electron chi connectivity index (χ2n) is 5.72. The second kappa shape index (κ2) is 6.62. The summed E-state index contributed by atoms with van der Waals surface area (Å²) < 4.78 is 0. The maximum atomic E-state index is 12.7. The highest BCUT2D eigenvalue weighted by Crippen LogP contribution is 2.36. The standard InChI is InChI=1S/C18H21N3OS/c1-4-14-5-7-15(8-6-14)20-18(22)21-9-10-23-17-16(21)12(2)11-13(3)19-17/h5-8,11H,4,9-10H2,1-3H3,(H,20,22). The van der Waals surface area contributed by atoms with E-state index in [1.807, 2.05) is 44.2 Å². The normalized spacial score (nSPS) is 13.6. The number of pyridine rings is 1. The Hall–Kier alpha value is -2.01. The lowest BCUT2D eigenvalue weighted by Crippen LogP contribution is -2.39. The molecule has 120 valence electrons. The Morgan fingerprint density at radius 3 is 2.74 bits per heavy atom. The summed E-state index contributed by atoms with van der Waals surface area (Å²) in [4.78, 5) is 19.1. The van der Waals surface area contributed by atoms with Gasteiger partial charge in [0.05, 0.1) is 5.69 Å². The summed E-state index contributed by atoms with van der Waals surface area (Å²) in [6, 6.07) is 9.94. The molecule has 0 radical (unpaired) electrons. The number of hydrogen-bond acceptors (Lipinski definition) is 3. The van der Waals surface area contributed by atoms with E-state index in [9.17, 15) is 4.79 Å². The molecular weight excluding hydrogens is 306 g/mol. The van der Waals surface area contributed by atoms with Gasteiger partial charge in [-0.15, -0.1) is 11.8 Å². The van der Waals surface area contributed by atoms with Crippen molar-refractivity contribution in [1.29, 1.82) is 0 Å². The van der Waals surface area contributed by atoms with Crippen LogP contribution in [-0.2, 0) is 6.42 Å². The fourth-order valence-corrected chi connectivity index (χ4v) is 3.87. The van der Waals surface area contributed by atoms with Crippen molar-refractivity contribution < 1.29 is 4.79 Å². The van der Waals surface area contributed by atoms with Crippen LogP contribution >= 0.6 is 11.8 Å². The van der Waals surface area contributed by atoms with E-state index in [-0.39, 0.29) is 6.03 Å². The molecule has 0 atom stereocenters. The van der Waals surface area contributed by atoms with Gasteiger partial charge in [-0.2, -0.15) is 0 Å². The van der Waals surface area contributed by atoms with Gasteiger partial charge in [0.25, 0.3) is 0 Å². The molecule has 0 bridgehead atoms. The van der Waals surface area contributed by atoms with Crippen LogP contribution in [0.2, 0.25) is 0 Å². The number of carbonyl (C=O) groups excluding carboxylic acids is 1. The number of carbonyl (C=O) groups is 1. The van der Waals surface area contributed by atoms with E-state index in [0.29, 0.717) is 6.54 Å². The minimum absolute atomic E-state index is 0.0930. The van der Waals surface area contributed by atoms with E-state index in [0.717, 1.165) is 39.8 Å². The van der Waals surface area contributed by atoms with E-state index in [2.05, 4.69) is 17.2 Å². The average molecular weight is 327 g/mol. The number of aromatic nitrogens is 1. The molecule has 0 saturated carbocycles. The van der Waals surface area contributed by atoms with Gasteiger partial charge in [0.2, 0.25) is 0 Å². The molecule has 2 aromatic rings. The highest BCUT2D eigenvalue weighted by Gasteiger charge is 2.26. The number of hydrogen-bond donors (Lipinski definition) is 1. The lowest BCUT2D eigenvalue weighted by Gasteiger charge is -2.30. The lowest BCUT2D eigenvalue weighted by atomic mass is 10.1. The summed E-state index contributed by atoms with van der Waals surface area (Å²) >= 11 is 1.72. The Morgan fingerprint density at radius 2 is 2.04 bits per heavy atom. The van der Waals surface area contributed by atoms with Crippen molar-refractivity contribution in [2.75, 3.05) is 22.5 Å². The molecule has 3 rings (SSSR count). The minimum Gasteiger partial charge on any atom is -0.308 e. The molecule has 23 heavy (non-hydrogen) atoms. The summed E-state index contributed by atoms with van der Waals surface area (Å²) in [5.41, 5.74) is 5.11. The average Bonchev–Trinajstić information content (AvgIpc) is 2.54. The molecule has 0 unspecified atom stereocenters. The number of anilines is 2. The van der Waals surface area contributed by atoms with Crippen molar-refractivity contribution in [2.24, 2.45) is 0 Å². The third kappa shape index (κ3) is 3.34. The third-order valence-electron chi connectivity index (χ3n) is 3.96. The Balaban J connectivity index is 1.83. The first-order chi connectivity index (χ1) is 11.1. The summed E-state index contributed by atoms with van der Waals surface area (Å²) in [6.07, 6.45) is 0.995. The summed E-state index contributed by atoms with van der Waals surface area (Å²) in [7, 11) is 0. The summed E-state index contributed by atoms with van der Waals surface area (Å²) in [6.45, 7) is 6.84. The number of nitrogens with zero attached hydrogens (tertiary/aromatic N) is 2. The van der Waals surface area contributed by atoms with Gasteiger partial charge in [-0.3, -0.25) is 4.90 Å². The molecule has 2 heterocycles. The van der Waals surface area contributed by atoms with Crippen molar-refractivity contribution in [3.63, 3.8) is 0 Å². The van der Waals surface area contributed by atoms with Crippen molar-refractivity contribution in [1.82, 2.24) is 4.98 Å². The van der Waals surface area contributed by atoms with E-state index >= 15 is 0 Å². The Morgan fingerprint density at radius 1 is 1.30 bits per heavy atom. The number of urea groups is 1. The second-order valence-corrected chi connectivity index (χ2v) is 6.80. The monoisotopic (exact) mass is 327 g/mol. The first-order valence-electron chi connectivity index (χ1n) is 7.87. The zero-order valence-electron chi connectivity index (χ0n) is 13.7. The zero-order chi connectivity index (χ0) is 16.4. The van der Waals surface area contributed by atoms with Gasteiger partial charge < -0.3 is 5.32 Å². The summed E-state index contributed by atoms with van der Waals surface area (Å²) in [5, 5.41) is 3.94. The number of nitrogens with one attached hydrogen (secondary N) is 1. The number of benzene rings is 1. The van der Waals surface area contributed by atoms with Crippen molar-refractivity contribution >= 4 is 29.2 Å². The molecule has 1 aliphatic heterocycles. The molecule has 1 N–H and O–H groups in total. The van der Waals surface area contributed by atoms with Crippen molar-refractivity contribution in [2.45, 2.75) is 32.2 Å². The van der Waals surface area contributed by atoms with Crippen LogP contribution in [0.5, 0.6) is 0 Å². The zero-order valence-corrected chi connectivity index (χ0v) is 14.5. The van der Waals surface area contributed by atoms with Crippen molar-refractivity contribution in [3.8, 4) is 0 Å². The number of amides is 2. The van der Waals surface area contributed by atoms with Gasteiger partial charge in [-0.25, -0.2) is 9.78 Å². The van der Waals surface area contributed by atoms with E-state index < -0.39 is 0 Å². The van der Waals surface area contributed by atoms with Crippen LogP contribution < -0.4 is 10.2 Å². The largest absolute Gasteiger partial charge is 0.326 e. The smallest absolute Gasteiger partial charge is 0.308 e. The predicted molar refractivity (Wildman–Crippen MR) is 96.6 cm³/mol. The third-order valence-corrected chi connectivity index (χ3v) is 4.91. The molecule has 2 amide bonds. The minimum atomic E-state index is -0.0930. The molecule has 1 aromatic heterocycles. The molecule has 1 aromatic carbocycles. The highest BCUT2D eigenvalue weighted by atomic mass is 32.2. The number of thioether (sulfide) groups is 1. The highest BCUT2D eigenvalue weighted by molar-refractivity contribution is 7.99. The topological polar surface area (TPSA) is 45.2 Å². The van der Waals surface area contributed by atoms with Crippen LogP contribution in [0, 0.1) is 13.8 Å². The molecule has 0 fully saturated rings. The van der Waals surface area contributed by atoms with Gasteiger partial charge >= 0.3 is 6.03 Å². The van der Waals surface area contributed by atoms with Gasteiger partial charge in [0.15, 0.2) is 0 Å². The SMILES string of the molecule is CCc1ccc(NC(=O)N2CCSc3nc(C)cc(C)c32)cc1. The molecule has 0 aliphatic carbocycles. The van der Waals surface area contributed by atoms with Gasteiger partial charge in [-0.1, -0.05) is 19.1 Å².